The van der Waals surface area contributed by atoms with E-state index in [0.29, 0.717) is 12.2 Å². The summed E-state index contributed by atoms with van der Waals surface area (Å²) in [6.07, 6.45) is 4.77. The zero-order valence-corrected chi connectivity index (χ0v) is 18.4. The molecule has 2 aliphatic heterocycles. The number of hydrogen-bond acceptors (Lipinski definition) is 7. The fourth-order valence-corrected chi connectivity index (χ4v) is 4.09. The molecule has 1 N–H and O–H groups in total. The highest BCUT2D eigenvalue weighted by Gasteiger charge is 2.54. The highest BCUT2D eigenvalue weighted by atomic mass is 16.6. The third-order valence-electron chi connectivity index (χ3n) is 5.34. The maximum Gasteiger partial charge on any atom is 0.417 e. The summed E-state index contributed by atoms with van der Waals surface area (Å²) in [5.74, 6) is -0.628. The first-order chi connectivity index (χ1) is 14.1. The predicted molar refractivity (Wildman–Crippen MR) is 109 cm³/mol. The number of cyclic esters (lactones) is 1. The molecule has 168 valence electrons. The van der Waals surface area contributed by atoms with Gasteiger partial charge in [-0.1, -0.05) is 20.3 Å². The molecule has 0 unspecified atom stereocenters. The molecule has 0 aromatic carbocycles. The van der Waals surface area contributed by atoms with Gasteiger partial charge in [-0.3, -0.25) is 9.59 Å². The Balaban J connectivity index is 2.18. The number of unbranched alkanes of at least 4 members (excludes halogenated alkanes) is 3. The third-order valence-corrected chi connectivity index (χ3v) is 5.34. The molecule has 0 aromatic rings. The van der Waals surface area contributed by atoms with Gasteiger partial charge in [-0.05, 0) is 57.3 Å². The smallest absolute Gasteiger partial charge is 0.417 e. The summed E-state index contributed by atoms with van der Waals surface area (Å²) in [5, 5.41) is 8.84. The molecule has 8 heteroatoms. The predicted octanol–water partition coefficient (Wildman–Crippen LogP) is 2.74. The normalized spacial score (nSPS) is 25.6. The van der Waals surface area contributed by atoms with Gasteiger partial charge < -0.3 is 19.3 Å². The van der Waals surface area contributed by atoms with Crippen LogP contribution in [0.15, 0.2) is 24.0 Å². The van der Waals surface area contributed by atoms with Crippen molar-refractivity contribution in [3.63, 3.8) is 0 Å². The second kappa shape index (κ2) is 10.2. The average Bonchev–Trinajstić information content (AvgIpc) is 2.92. The zero-order valence-electron chi connectivity index (χ0n) is 18.4. The van der Waals surface area contributed by atoms with Gasteiger partial charge in [-0.25, -0.2) is 9.69 Å². The first-order valence-electron chi connectivity index (χ1n) is 10.4. The van der Waals surface area contributed by atoms with Gasteiger partial charge in [0.25, 0.3) is 5.91 Å². The van der Waals surface area contributed by atoms with Crippen molar-refractivity contribution in [1.29, 1.82) is 0 Å². The number of carbonyl (C=O) groups is 3. The van der Waals surface area contributed by atoms with Crippen LogP contribution in [0.25, 0.3) is 0 Å². The van der Waals surface area contributed by atoms with E-state index in [1.807, 2.05) is 19.9 Å². The van der Waals surface area contributed by atoms with Crippen LogP contribution in [0.4, 0.5) is 4.79 Å². The summed E-state index contributed by atoms with van der Waals surface area (Å²) >= 11 is 0. The summed E-state index contributed by atoms with van der Waals surface area (Å²) in [4.78, 5) is 39.3. The number of methoxy groups -OCH3 is 1. The van der Waals surface area contributed by atoms with Crippen molar-refractivity contribution in [1.82, 2.24) is 4.90 Å². The molecule has 2 rings (SSSR count). The first kappa shape index (κ1) is 24.1. The standard InChI is InChI=1S/C22H33NO7/c1-14(2)19-22(3,4)30-21(27)23(19)20(26)18(28-5)17-16(25)12-11-15(29-17)10-8-6-7-9-13-24/h10-12,14,17-19,24H,6-9,13H2,1-5H3/t17-,18-,19-/m0/s1. The number of aliphatic hydroxyl groups excluding tert-OH is 1. The zero-order chi connectivity index (χ0) is 22.5. The van der Waals surface area contributed by atoms with E-state index in [1.54, 1.807) is 19.9 Å². The minimum Gasteiger partial charge on any atom is -0.479 e. The molecule has 2 amide bonds. The third kappa shape index (κ3) is 5.29. The molecule has 0 radical (unpaired) electrons. The molecule has 0 bridgehead atoms. The van der Waals surface area contributed by atoms with Crippen molar-refractivity contribution >= 4 is 17.8 Å². The summed E-state index contributed by atoms with van der Waals surface area (Å²) in [6, 6.07) is -0.495. The van der Waals surface area contributed by atoms with Gasteiger partial charge in [0.2, 0.25) is 0 Å². The van der Waals surface area contributed by atoms with E-state index in [0.717, 1.165) is 24.2 Å². The molecule has 30 heavy (non-hydrogen) atoms. The van der Waals surface area contributed by atoms with E-state index in [1.165, 1.54) is 13.2 Å². The maximum absolute atomic E-state index is 13.3. The van der Waals surface area contributed by atoms with Crippen LogP contribution < -0.4 is 0 Å². The Kier molecular flexibility index (Phi) is 8.20. The Morgan fingerprint density at radius 1 is 1.27 bits per heavy atom. The van der Waals surface area contributed by atoms with Crippen LogP contribution in [-0.2, 0) is 23.8 Å². The van der Waals surface area contributed by atoms with Crippen molar-refractivity contribution in [2.24, 2.45) is 5.92 Å². The van der Waals surface area contributed by atoms with Gasteiger partial charge in [0.15, 0.2) is 18.0 Å². The van der Waals surface area contributed by atoms with Crippen LogP contribution in [0.2, 0.25) is 0 Å². The number of hydrogen-bond donors (Lipinski definition) is 1. The molecule has 0 aliphatic carbocycles. The molecule has 0 saturated carbocycles. The highest BCUT2D eigenvalue weighted by Crippen LogP contribution is 2.35. The Hall–Kier alpha value is -2.19. The molecule has 2 heterocycles. The SMILES string of the molecule is CO[C@H](C(=O)N1C(=O)OC(C)(C)[C@@H]1C(C)C)[C@H]1OC(=CCCCCCO)C=CC1=O. The molecule has 0 aromatic heterocycles. The Bertz CT molecular complexity index is 710. The van der Waals surface area contributed by atoms with Crippen molar-refractivity contribution < 1.29 is 33.7 Å². The number of amides is 2. The van der Waals surface area contributed by atoms with E-state index < -0.39 is 41.6 Å². The molecular formula is C22H33NO7. The first-order valence-corrected chi connectivity index (χ1v) is 10.4. The van der Waals surface area contributed by atoms with E-state index >= 15 is 0 Å². The minimum absolute atomic E-state index is 0.0508. The van der Waals surface area contributed by atoms with Gasteiger partial charge in [0.05, 0.1) is 6.04 Å². The van der Waals surface area contributed by atoms with Gasteiger partial charge >= 0.3 is 6.09 Å². The molecule has 0 spiro atoms. The van der Waals surface area contributed by atoms with Gasteiger partial charge in [-0.15, -0.1) is 0 Å². The van der Waals surface area contributed by atoms with E-state index in [4.69, 9.17) is 19.3 Å². The molecule has 1 saturated heterocycles. The van der Waals surface area contributed by atoms with Gasteiger partial charge in [-0.2, -0.15) is 0 Å². The second-order valence-corrected chi connectivity index (χ2v) is 8.48. The summed E-state index contributed by atoms with van der Waals surface area (Å²) in [7, 11) is 1.31. The van der Waals surface area contributed by atoms with Crippen LogP contribution in [0.5, 0.6) is 0 Å². The monoisotopic (exact) mass is 423 g/mol. The van der Waals surface area contributed by atoms with Crippen molar-refractivity contribution in [2.45, 2.75) is 77.2 Å². The number of carbonyl (C=O) groups excluding carboxylic acids is 3. The number of aliphatic hydroxyl groups is 1. The molecule has 3 atom stereocenters. The fraction of sp³-hybridized carbons (Fsp3) is 0.682. The van der Waals surface area contributed by atoms with Gasteiger partial charge in [0.1, 0.15) is 11.4 Å². The summed E-state index contributed by atoms with van der Waals surface area (Å²) in [5.41, 5.74) is -0.851. The second-order valence-electron chi connectivity index (χ2n) is 8.48. The van der Waals surface area contributed by atoms with Crippen LogP contribution >= 0.6 is 0 Å². The molecule has 8 nitrogen and oxygen atoms in total. The maximum atomic E-state index is 13.3. The molecule has 2 aliphatic rings. The Morgan fingerprint density at radius 3 is 2.57 bits per heavy atom. The number of allylic oxidation sites excluding steroid dienone is 2. The lowest BCUT2D eigenvalue weighted by atomic mass is 9.88. The lowest BCUT2D eigenvalue weighted by Gasteiger charge is -2.34. The molecule has 1 fully saturated rings. The number of nitrogens with zero attached hydrogens (tertiary/aromatic N) is 1. The minimum atomic E-state index is -1.28. The topological polar surface area (TPSA) is 102 Å². The number of ether oxygens (including phenoxy) is 3. The van der Waals surface area contributed by atoms with Crippen molar-refractivity contribution in [3.05, 3.63) is 24.0 Å². The lowest BCUT2D eigenvalue weighted by Crippen LogP contribution is -2.55. The van der Waals surface area contributed by atoms with Crippen molar-refractivity contribution in [2.75, 3.05) is 13.7 Å². The van der Waals surface area contributed by atoms with Crippen LogP contribution in [-0.4, -0.2) is 65.4 Å². The van der Waals surface area contributed by atoms with Crippen molar-refractivity contribution in [3.8, 4) is 0 Å². The molecular weight excluding hydrogens is 390 g/mol. The van der Waals surface area contributed by atoms with E-state index in [9.17, 15) is 14.4 Å². The van der Waals surface area contributed by atoms with E-state index in [2.05, 4.69) is 0 Å². The summed E-state index contributed by atoms with van der Waals surface area (Å²) < 4.78 is 16.5. The number of rotatable bonds is 9. The highest BCUT2D eigenvalue weighted by molar-refractivity contribution is 6.03. The Labute approximate surface area is 177 Å². The Morgan fingerprint density at radius 2 is 1.97 bits per heavy atom. The number of imide groups is 1. The fourth-order valence-electron chi connectivity index (χ4n) is 4.09. The van der Waals surface area contributed by atoms with Crippen LogP contribution in [0, 0.1) is 5.92 Å². The van der Waals surface area contributed by atoms with Crippen LogP contribution in [0.1, 0.15) is 53.4 Å². The summed E-state index contributed by atoms with van der Waals surface area (Å²) in [6.45, 7) is 7.48. The number of ketones is 1. The van der Waals surface area contributed by atoms with Crippen LogP contribution in [0.3, 0.4) is 0 Å². The quantitative estimate of drug-likeness (QED) is 0.569. The lowest BCUT2D eigenvalue weighted by molar-refractivity contribution is -0.154. The van der Waals surface area contributed by atoms with E-state index in [-0.39, 0.29) is 12.5 Å². The largest absolute Gasteiger partial charge is 0.479 e. The van der Waals surface area contributed by atoms with Gasteiger partial charge in [0, 0.05) is 13.7 Å². The average molecular weight is 424 g/mol.